The minimum Gasteiger partial charge on any atom is -0.380 e. The standard InChI is InChI=1S/C14H27NO/c1-5-10-15-13(9-6-11(2)3)14(16-4)12-7-8-12/h12-15H,2,5-10H2,1,3-4H3. The van der Waals surface area contributed by atoms with E-state index in [0.29, 0.717) is 12.1 Å². The largest absolute Gasteiger partial charge is 0.380 e. The molecule has 2 heteroatoms. The number of allylic oxidation sites excluding steroid dienone is 1. The zero-order chi connectivity index (χ0) is 12.0. The first-order valence-electron chi connectivity index (χ1n) is 6.59. The van der Waals surface area contributed by atoms with Crippen molar-refractivity contribution in [1.29, 1.82) is 0 Å². The molecule has 0 heterocycles. The van der Waals surface area contributed by atoms with Crippen molar-refractivity contribution in [3.63, 3.8) is 0 Å². The lowest BCUT2D eigenvalue weighted by molar-refractivity contribution is 0.0485. The summed E-state index contributed by atoms with van der Waals surface area (Å²) in [6.45, 7) is 9.39. The van der Waals surface area contributed by atoms with E-state index >= 15 is 0 Å². The predicted octanol–water partition coefficient (Wildman–Crippen LogP) is 3.14. The average molecular weight is 225 g/mol. The van der Waals surface area contributed by atoms with Gasteiger partial charge in [-0.15, -0.1) is 6.58 Å². The molecule has 1 rings (SSSR count). The fraction of sp³-hybridized carbons (Fsp3) is 0.857. The zero-order valence-corrected chi connectivity index (χ0v) is 11.1. The molecule has 0 aromatic carbocycles. The summed E-state index contributed by atoms with van der Waals surface area (Å²) >= 11 is 0. The third-order valence-electron chi connectivity index (χ3n) is 3.29. The molecule has 0 saturated heterocycles. The van der Waals surface area contributed by atoms with Crippen LogP contribution >= 0.6 is 0 Å². The lowest BCUT2D eigenvalue weighted by atomic mass is 9.99. The average Bonchev–Trinajstić information content (AvgIpc) is 3.06. The van der Waals surface area contributed by atoms with Gasteiger partial charge in [-0.3, -0.25) is 0 Å². The van der Waals surface area contributed by atoms with Gasteiger partial charge in [-0.25, -0.2) is 0 Å². The van der Waals surface area contributed by atoms with Crippen molar-refractivity contribution in [2.45, 2.75) is 58.1 Å². The molecular weight excluding hydrogens is 198 g/mol. The van der Waals surface area contributed by atoms with Crippen LogP contribution in [0, 0.1) is 5.92 Å². The molecule has 0 aliphatic heterocycles. The van der Waals surface area contributed by atoms with Crippen LogP contribution in [0.4, 0.5) is 0 Å². The van der Waals surface area contributed by atoms with Crippen LogP contribution in [0.25, 0.3) is 0 Å². The maximum absolute atomic E-state index is 5.67. The SMILES string of the molecule is C=C(C)CCC(NCCC)C(OC)C1CC1. The molecule has 0 spiro atoms. The number of methoxy groups -OCH3 is 1. The molecule has 2 unspecified atom stereocenters. The fourth-order valence-corrected chi connectivity index (χ4v) is 2.22. The first kappa shape index (κ1) is 13.7. The van der Waals surface area contributed by atoms with E-state index in [9.17, 15) is 0 Å². The molecule has 0 amide bonds. The quantitative estimate of drug-likeness (QED) is 0.609. The number of hydrogen-bond acceptors (Lipinski definition) is 2. The van der Waals surface area contributed by atoms with Crippen molar-refractivity contribution in [2.24, 2.45) is 5.92 Å². The van der Waals surface area contributed by atoms with Gasteiger partial charge in [-0.2, -0.15) is 0 Å². The Bertz CT molecular complexity index is 211. The molecule has 2 atom stereocenters. The Hall–Kier alpha value is -0.340. The Morgan fingerprint density at radius 1 is 1.50 bits per heavy atom. The van der Waals surface area contributed by atoms with E-state index in [1.807, 2.05) is 7.11 Å². The summed E-state index contributed by atoms with van der Waals surface area (Å²) in [5.41, 5.74) is 1.27. The highest BCUT2D eigenvalue weighted by atomic mass is 16.5. The van der Waals surface area contributed by atoms with Crippen molar-refractivity contribution in [3.05, 3.63) is 12.2 Å². The van der Waals surface area contributed by atoms with Gasteiger partial charge in [0.1, 0.15) is 0 Å². The Balaban J connectivity index is 2.42. The highest BCUT2D eigenvalue weighted by Crippen LogP contribution is 2.36. The van der Waals surface area contributed by atoms with Crippen molar-refractivity contribution in [2.75, 3.05) is 13.7 Å². The third-order valence-corrected chi connectivity index (χ3v) is 3.29. The third kappa shape index (κ3) is 4.67. The molecule has 0 bridgehead atoms. The van der Waals surface area contributed by atoms with Gasteiger partial charge in [0.05, 0.1) is 6.10 Å². The molecule has 1 aliphatic rings. The van der Waals surface area contributed by atoms with Gasteiger partial charge in [0.2, 0.25) is 0 Å². The topological polar surface area (TPSA) is 21.3 Å². The van der Waals surface area contributed by atoms with Gasteiger partial charge >= 0.3 is 0 Å². The second-order valence-electron chi connectivity index (χ2n) is 5.09. The number of hydrogen-bond donors (Lipinski definition) is 1. The summed E-state index contributed by atoms with van der Waals surface area (Å²) in [6, 6.07) is 0.508. The summed E-state index contributed by atoms with van der Waals surface area (Å²) in [7, 11) is 1.85. The van der Waals surface area contributed by atoms with Gasteiger partial charge in [-0.05, 0) is 51.5 Å². The number of ether oxygens (including phenoxy) is 1. The Kier molecular flexibility index (Phi) is 6.07. The lowest BCUT2D eigenvalue weighted by Gasteiger charge is -2.27. The fourth-order valence-electron chi connectivity index (χ4n) is 2.22. The van der Waals surface area contributed by atoms with Crippen LogP contribution in [-0.2, 0) is 4.74 Å². The van der Waals surface area contributed by atoms with E-state index in [1.165, 1.54) is 24.8 Å². The van der Waals surface area contributed by atoms with Gasteiger partial charge in [-0.1, -0.05) is 12.5 Å². The number of rotatable bonds is 9. The summed E-state index contributed by atoms with van der Waals surface area (Å²) in [5.74, 6) is 0.796. The van der Waals surface area contributed by atoms with Crippen LogP contribution in [0.15, 0.2) is 12.2 Å². The molecule has 1 N–H and O–H groups in total. The molecule has 0 radical (unpaired) electrons. The van der Waals surface area contributed by atoms with Crippen LogP contribution in [0.3, 0.4) is 0 Å². The molecular formula is C14H27NO. The Morgan fingerprint density at radius 3 is 2.62 bits per heavy atom. The van der Waals surface area contributed by atoms with E-state index < -0.39 is 0 Å². The molecule has 1 fully saturated rings. The maximum Gasteiger partial charge on any atom is 0.0752 e. The summed E-state index contributed by atoms with van der Waals surface area (Å²) < 4.78 is 5.67. The van der Waals surface area contributed by atoms with E-state index in [1.54, 1.807) is 0 Å². The lowest BCUT2D eigenvalue weighted by Crippen LogP contribution is -2.42. The second kappa shape index (κ2) is 7.08. The van der Waals surface area contributed by atoms with Gasteiger partial charge < -0.3 is 10.1 Å². The summed E-state index contributed by atoms with van der Waals surface area (Å²) in [6.07, 6.45) is 6.54. The van der Waals surface area contributed by atoms with E-state index in [-0.39, 0.29) is 0 Å². The second-order valence-corrected chi connectivity index (χ2v) is 5.09. The Morgan fingerprint density at radius 2 is 2.19 bits per heavy atom. The van der Waals surface area contributed by atoms with E-state index in [2.05, 4.69) is 25.7 Å². The van der Waals surface area contributed by atoms with Crippen molar-refractivity contribution in [1.82, 2.24) is 5.32 Å². The van der Waals surface area contributed by atoms with Gasteiger partial charge in [0.15, 0.2) is 0 Å². The molecule has 0 aromatic rings. The smallest absolute Gasteiger partial charge is 0.0752 e. The van der Waals surface area contributed by atoms with Crippen molar-refractivity contribution in [3.8, 4) is 0 Å². The summed E-state index contributed by atoms with van der Waals surface area (Å²) in [4.78, 5) is 0. The van der Waals surface area contributed by atoms with Crippen LogP contribution in [0.5, 0.6) is 0 Å². The maximum atomic E-state index is 5.67. The van der Waals surface area contributed by atoms with Crippen LogP contribution in [0.1, 0.15) is 46.0 Å². The molecule has 2 nitrogen and oxygen atoms in total. The van der Waals surface area contributed by atoms with Gasteiger partial charge in [0.25, 0.3) is 0 Å². The molecule has 94 valence electrons. The minimum atomic E-state index is 0.408. The molecule has 0 aromatic heterocycles. The van der Waals surface area contributed by atoms with E-state index in [4.69, 9.17) is 4.74 Å². The normalized spacial score (nSPS) is 19.4. The predicted molar refractivity (Wildman–Crippen MR) is 69.7 cm³/mol. The monoisotopic (exact) mass is 225 g/mol. The Labute approximate surface area is 100 Å². The molecule has 1 aliphatic carbocycles. The number of nitrogens with one attached hydrogen (secondary N) is 1. The van der Waals surface area contributed by atoms with Crippen LogP contribution < -0.4 is 5.32 Å². The summed E-state index contributed by atoms with van der Waals surface area (Å²) in [5, 5.41) is 3.63. The molecule has 1 saturated carbocycles. The van der Waals surface area contributed by atoms with E-state index in [0.717, 1.165) is 25.3 Å². The zero-order valence-electron chi connectivity index (χ0n) is 11.1. The first-order valence-corrected chi connectivity index (χ1v) is 6.59. The minimum absolute atomic E-state index is 0.408. The van der Waals surface area contributed by atoms with Crippen LogP contribution in [0.2, 0.25) is 0 Å². The highest BCUT2D eigenvalue weighted by molar-refractivity contribution is 4.94. The molecule has 16 heavy (non-hydrogen) atoms. The van der Waals surface area contributed by atoms with Gasteiger partial charge in [0, 0.05) is 13.2 Å². The van der Waals surface area contributed by atoms with Crippen LogP contribution in [-0.4, -0.2) is 25.8 Å². The van der Waals surface area contributed by atoms with Crippen molar-refractivity contribution >= 4 is 0 Å². The van der Waals surface area contributed by atoms with Crippen molar-refractivity contribution < 1.29 is 4.74 Å². The first-order chi connectivity index (χ1) is 7.69. The highest BCUT2D eigenvalue weighted by Gasteiger charge is 2.36.